The maximum atomic E-state index is 13.0. The smallest absolute Gasteiger partial charge is 0.416 e. The predicted molar refractivity (Wildman–Crippen MR) is 141 cm³/mol. The summed E-state index contributed by atoms with van der Waals surface area (Å²) in [6.07, 6.45) is -1.97. The number of benzene rings is 3. The van der Waals surface area contributed by atoms with E-state index in [1.54, 1.807) is 31.2 Å². The lowest BCUT2D eigenvalue weighted by atomic mass is 10.1. The summed E-state index contributed by atoms with van der Waals surface area (Å²) in [6.45, 7) is 5.97. The molecule has 0 saturated carbocycles. The van der Waals surface area contributed by atoms with Gasteiger partial charge in [-0.15, -0.1) is 0 Å². The van der Waals surface area contributed by atoms with Gasteiger partial charge in [0, 0.05) is 21.7 Å². The van der Waals surface area contributed by atoms with E-state index in [0.717, 1.165) is 6.07 Å². The Morgan fingerprint density at radius 2 is 1.79 bits per heavy atom. The number of nitrogens with one attached hydrogen (secondary N) is 1. The molecule has 0 unspecified atom stereocenters. The number of carbonyl (C=O) groups is 1. The average molecular weight is 608 g/mol. The molecule has 13 heteroatoms. The van der Waals surface area contributed by atoms with Crippen LogP contribution in [0.2, 0.25) is 0 Å². The molecule has 0 spiro atoms. The van der Waals surface area contributed by atoms with E-state index < -0.39 is 34.0 Å². The van der Waals surface area contributed by atoms with E-state index in [1.165, 1.54) is 24.4 Å². The van der Waals surface area contributed by atoms with E-state index >= 15 is 0 Å². The maximum absolute atomic E-state index is 13.0. The molecule has 3 aromatic rings. The van der Waals surface area contributed by atoms with Gasteiger partial charge in [0.25, 0.3) is 5.91 Å². The molecule has 3 aromatic carbocycles. The number of amides is 1. The molecule has 39 heavy (non-hydrogen) atoms. The number of rotatable bonds is 11. The van der Waals surface area contributed by atoms with E-state index in [0.29, 0.717) is 34.7 Å². The zero-order chi connectivity index (χ0) is 28.6. The second-order valence-corrected chi connectivity index (χ2v) is 8.53. The molecule has 1 amide bonds. The summed E-state index contributed by atoms with van der Waals surface area (Å²) in [6, 6.07) is 11.1. The summed E-state index contributed by atoms with van der Waals surface area (Å²) >= 11 is 3.29. The van der Waals surface area contributed by atoms with Crippen molar-refractivity contribution in [3.63, 3.8) is 0 Å². The number of nitrogens with zero attached hydrogens (tertiary/aromatic N) is 2. The van der Waals surface area contributed by atoms with Crippen LogP contribution < -0.4 is 19.6 Å². The molecule has 1 N–H and O–H groups in total. The van der Waals surface area contributed by atoms with Gasteiger partial charge in [-0.1, -0.05) is 28.6 Å². The molecule has 0 atom stereocenters. The molecule has 0 heterocycles. The van der Waals surface area contributed by atoms with E-state index in [1.807, 2.05) is 0 Å². The van der Waals surface area contributed by atoms with Gasteiger partial charge in [-0.3, -0.25) is 14.9 Å². The Morgan fingerprint density at radius 1 is 1.08 bits per heavy atom. The second kappa shape index (κ2) is 12.9. The molecular formula is C26H21BrF3N3O6. The third-order valence-corrected chi connectivity index (χ3v) is 5.40. The first kappa shape index (κ1) is 29.2. The average Bonchev–Trinajstić information content (AvgIpc) is 2.89. The molecule has 0 radical (unpaired) electrons. The first-order valence-electron chi connectivity index (χ1n) is 11.2. The Hall–Kier alpha value is -4.39. The fraction of sp³-hybridized carbons (Fsp3) is 0.154. The van der Waals surface area contributed by atoms with Crippen molar-refractivity contribution in [2.45, 2.75) is 13.1 Å². The molecule has 9 nitrogen and oxygen atoms in total. The van der Waals surface area contributed by atoms with Crippen LogP contribution in [0.4, 0.5) is 18.9 Å². The lowest BCUT2D eigenvalue weighted by molar-refractivity contribution is -0.385. The second-order valence-electron chi connectivity index (χ2n) is 7.61. The van der Waals surface area contributed by atoms with Crippen molar-refractivity contribution in [2.75, 3.05) is 13.2 Å². The van der Waals surface area contributed by atoms with Gasteiger partial charge in [-0.2, -0.15) is 18.3 Å². The Morgan fingerprint density at radius 3 is 2.46 bits per heavy atom. The lowest BCUT2D eigenvalue weighted by Crippen LogP contribution is -2.18. The van der Waals surface area contributed by atoms with Gasteiger partial charge in [0.2, 0.25) is 5.75 Å². The van der Waals surface area contributed by atoms with Gasteiger partial charge < -0.3 is 14.2 Å². The van der Waals surface area contributed by atoms with Gasteiger partial charge in [0.15, 0.2) is 11.5 Å². The molecule has 0 aliphatic carbocycles. The number of carbonyl (C=O) groups excluding carboxylic acids is 1. The van der Waals surface area contributed by atoms with Crippen LogP contribution in [0.5, 0.6) is 23.0 Å². The van der Waals surface area contributed by atoms with Crippen molar-refractivity contribution < 1.29 is 37.1 Å². The van der Waals surface area contributed by atoms with Crippen molar-refractivity contribution >= 4 is 33.7 Å². The van der Waals surface area contributed by atoms with E-state index in [-0.39, 0.29) is 23.5 Å². The third kappa shape index (κ3) is 7.80. The quantitative estimate of drug-likeness (QED) is 0.110. The summed E-state index contributed by atoms with van der Waals surface area (Å²) in [5, 5.41) is 15.3. The van der Waals surface area contributed by atoms with Crippen LogP contribution in [0.1, 0.15) is 28.4 Å². The monoisotopic (exact) mass is 607 g/mol. The molecule has 0 bridgehead atoms. The van der Waals surface area contributed by atoms with Crippen LogP contribution >= 0.6 is 15.9 Å². The van der Waals surface area contributed by atoms with Gasteiger partial charge in [0.05, 0.1) is 23.3 Å². The number of nitro benzene ring substituents is 1. The van der Waals surface area contributed by atoms with Crippen molar-refractivity contribution in [3.8, 4) is 23.0 Å². The number of hydrogen-bond donors (Lipinski definition) is 1. The van der Waals surface area contributed by atoms with Gasteiger partial charge in [-0.25, -0.2) is 5.43 Å². The van der Waals surface area contributed by atoms with Crippen molar-refractivity contribution in [2.24, 2.45) is 5.10 Å². The molecule has 0 aliphatic heterocycles. The molecule has 0 fully saturated rings. The summed E-state index contributed by atoms with van der Waals surface area (Å²) in [5.74, 6) is -0.141. The minimum absolute atomic E-state index is 0.0430. The van der Waals surface area contributed by atoms with Gasteiger partial charge in [0.1, 0.15) is 12.4 Å². The highest BCUT2D eigenvalue weighted by Crippen LogP contribution is 2.38. The maximum Gasteiger partial charge on any atom is 0.416 e. The first-order chi connectivity index (χ1) is 18.5. The lowest BCUT2D eigenvalue weighted by Gasteiger charge is -2.12. The van der Waals surface area contributed by atoms with E-state index in [4.69, 9.17) is 14.2 Å². The highest BCUT2D eigenvalue weighted by atomic mass is 79.9. The van der Waals surface area contributed by atoms with Crippen molar-refractivity contribution in [3.05, 3.63) is 98.5 Å². The molecule has 0 saturated heterocycles. The predicted octanol–water partition coefficient (Wildman–Crippen LogP) is 6.90. The Bertz CT molecular complexity index is 1410. The minimum atomic E-state index is -4.76. The fourth-order valence-corrected chi connectivity index (χ4v) is 3.54. The van der Waals surface area contributed by atoms with Crippen molar-refractivity contribution in [1.29, 1.82) is 0 Å². The van der Waals surface area contributed by atoms with E-state index in [2.05, 4.69) is 33.0 Å². The number of halogens is 4. The zero-order valence-electron chi connectivity index (χ0n) is 20.3. The van der Waals surface area contributed by atoms with E-state index in [9.17, 15) is 28.1 Å². The van der Waals surface area contributed by atoms with Crippen LogP contribution in [-0.4, -0.2) is 30.3 Å². The highest BCUT2D eigenvalue weighted by molar-refractivity contribution is 9.10. The largest absolute Gasteiger partial charge is 0.490 e. The molecule has 0 aliphatic rings. The number of hydrogen-bond acceptors (Lipinski definition) is 7. The van der Waals surface area contributed by atoms with Crippen LogP contribution in [0.25, 0.3) is 0 Å². The number of ether oxygens (including phenoxy) is 3. The third-order valence-electron chi connectivity index (χ3n) is 4.91. The Balaban J connectivity index is 1.82. The fourth-order valence-electron chi connectivity index (χ4n) is 3.16. The Labute approximate surface area is 229 Å². The summed E-state index contributed by atoms with van der Waals surface area (Å²) in [4.78, 5) is 23.1. The molecule has 3 rings (SSSR count). The van der Waals surface area contributed by atoms with Gasteiger partial charge in [-0.05, 0) is 55.5 Å². The van der Waals surface area contributed by atoms with Crippen LogP contribution in [-0.2, 0) is 6.18 Å². The topological polar surface area (TPSA) is 112 Å². The number of hydrazone groups is 1. The zero-order valence-corrected chi connectivity index (χ0v) is 21.9. The SMILES string of the molecule is C=CCOc1ccc(C(=O)N/N=C/c2cc(Br)ccc2Oc2ccc(C(F)(F)F)cc2[N+](=O)[O-])cc1OCC. The normalized spacial score (nSPS) is 11.2. The summed E-state index contributed by atoms with van der Waals surface area (Å²) in [5.41, 5.74) is 0.801. The molecular weight excluding hydrogens is 587 g/mol. The van der Waals surface area contributed by atoms with Crippen LogP contribution in [0, 0.1) is 10.1 Å². The summed E-state index contributed by atoms with van der Waals surface area (Å²) < 4.78 is 56.3. The Kier molecular flexibility index (Phi) is 9.66. The van der Waals surface area contributed by atoms with Crippen LogP contribution in [0.3, 0.4) is 0 Å². The molecule has 0 aromatic heterocycles. The number of nitro groups is 1. The molecule has 204 valence electrons. The first-order valence-corrected chi connectivity index (χ1v) is 12.0. The van der Waals surface area contributed by atoms with Crippen molar-refractivity contribution in [1.82, 2.24) is 5.43 Å². The highest BCUT2D eigenvalue weighted by Gasteiger charge is 2.33. The standard InChI is InChI=1S/C26H21BrF3N3O6/c1-3-11-38-23-8-5-16(13-24(23)37-4-2)25(34)32-31-15-17-12-19(27)7-10-21(17)39-22-9-6-18(26(28,29)30)14-20(22)33(35)36/h3,5-10,12-15H,1,4,11H2,2H3,(H,32,34)/b31-15+. The minimum Gasteiger partial charge on any atom is -0.490 e. The summed E-state index contributed by atoms with van der Waals surface area (Å²) in [7, 11) is 0. The van der Waals surface area contributed by atoms with Crippen LogP contribution in [0.15, 0.2) is 76.8 Å². The number of alkyl halides is 3. The van der Waals surface area contributed by atoms with Gasteiger partial charge >= 0.3 is 11.9 Å².